The second kappa shape index (κ2) is 7.40. The van der Waals surface area contributed by atoms with E-state index in [9.17, 15) is 14.4 Å². The molecule has 9 heteroatoms. The third kappa shape index (κ3) is 3.78. The van der Waals surface area contributed by atoms with Crippen LogP contribution >= 0.6 is 11.8 Å². The van der Waals surface area contributed by atoms with Crippen LogP contribution in [0.5, 0.6) is 5.75 Å². The molecule has 0 unspecified atom stereocenters. The van der Waals surface area contributed by atoms with Gasteiger partial charge in [-0.25, -0.2) is 4.98 Å². The minimum atomic E-state index is -0.799. The first-order chi connectivity index (χ1) is 13.9. The molecule has 29 heavy (non-hydrogen) atoms. The van der Waals surface area contributed by atoms with Crippen molar-refractivity contribution in [2.45, 2.75) is 17.7 Å². The molecule has 1 saturated heterocycles. The van der Waals surface area contributed by atoms with E-state index in [-0.39, 0.29) is 23.3 Å². The molecule has 2 aromatic carbocycles. The SMILES string of the molecule is B[C@@]1(Cc2ccc(OCc3nc4ccccc4c(=O)n3C)cc2)SC(=O)NC1=O. The van der Waals surface area contributed by atoms with E-state index < -0.39 is 4.65 Å². The number of thioether (sulfide) groups is 1. The molecule has 0 radical (unpaired) electrons. The number of rotatable bonds is 5. The van der Waals surface area contributed by atoms with Crippen LogP contribution in [-0.4, -0.2) is 33.2 Å². The maximum Gasteiger partial charge on any atom is 0.285 e. The predicted octanol–water partition coefficient (Wildman–Crippen LogP) is 1.37. The molecule has 1 fully saturated rings. The summed E-state index contributed by atoms with van der Waals surface area (Å²) in [6, 6.07) is 14.5. The van der Waals surface area contributed by atoms with Gasteiger partial charge >= 0.3 is 0 Å². The van der Waals surface area contributed by atoms with Crippen molar-refractivity contribution in [1.29, 1.82) is 0 Å². The van der Waals surface area contributed by atoms with Crippen molar-refractivity contribution in [3.05, 3.63) is 70.3 Å². The number of amides is 2. The Kier molecular flexibility index (Phi) is 4.91. The maximum absolute atomic E-state index is 12.5. The van der Waals surface area contributed by atoms with Crippen LogP contribution in [0.15, 0.2) is 53.3 Å². The highest BCUT2D eigenvalue weighted by Gasteiger charge is 2.43. The number of ether oxygens (including phenoxy) is 1. The van der Waals surface area contributed by atoms with E-state index in [1.165, 1.54) is 4.57 Å². The number of carbonyl (C=O) groups excluding carboxylic acids is 2. The maximum atomic E-state index is 12.5. The Bertz CT molecular complexity index is 1180. The first-order valence-corrected chi connectivity index (χ1v) is 9.88. The van der Waals surface area contributed by atoms with Gasteiger partial charge in [-0.15, -0.1) is 0 Å². The lowest BCUT2D eigenvalue weighted by Crippen LogP contribution is -2.38. The quantitative estimate of drug-likeness (QED) is 0.643. The van der Waals surface area contributed by atoms with Gasteiger partial charge in [-0.2, -0.15) is 0 Å². The number of para-hydroxylation sites is 1. The molecule has 0 aliphatic carbocycles. The first kappa shape index (κ1) is 19.3. The van der Waals surface area contributed by atoms with Crippen molar-refractivity contribution in [1.82, 2.24) is 14.9 Å². The zero-order chi connectivity index (χ0) is 20.6. The zero-order valence-electron chi connectivity index (χ0n) is 16.0. The van der Waals surface area contributed by atoms with Gasteiger partial charge in [0, 0.05) is 7.05 Å². The number of benzene rings is 2. The third-order valence-corrected chi connectivity index (χ3v) is 5.99. The molecule has 1 aliphatic heterocycles. The third-order valence-electron chi connectivity index (χ3n) is 4.92. The summed E-state index contributed by atoms with van der Waals surface area (Å²) >= 11 is 1.01. The van der Waals surface area contributed by atoms with Crippen molar-refractivity contribution in [3.8, 4) is 5.75 Å². The molecule has 2 amide bonds. The molecule has 4 rings (SSSR count). The molecule has 146 valence electrons. The lowest BCUT2D eigenvalue weighted by molar-refractivity contribution is -0.119. The van der Waals surface area contributed by atoms with Gasteiger partial charge in [-0.05, 0) is 36.2 Å². The molecular weight excluding hydrogens is 389 g/mol. The molecule has 2 heterocycles. The van der Waals surface area contributed by atoms with Gasteiger partial charge in [0.25, 0.3) is 10.8 Å². The number of hydrogen-bond acceptors (Lipinski definition) is 6. The van der Waals surface area contributed by atoms with Crippen LogP contribution in [-0.2, 0) is 24.9 Å². The fourth-order valence-corrected chi connectivity index (χ4v) is 4.19. The number of hydrogen-bond donors (Lipinski definition) is 1. The molecule has 3 aromatic rings. The summed E-state index contributed by atoms with van der Waals surface area (Å²) in [5.41, 5.74) is 1.45. The second-order valence-corrected chi connectivity index (χ2v) is 8.57. The number of nitrogens with one attached hydrogen (secondary N) is 1. The molecule has 0 spiro atoms. The Morgan fingerprint density at radius 3 is 2.55 bits per heavy atom. The van der Waals surface area contributed by atoms with E-state index in [0.717, 1.165) is 17.3 Å². The average molecular weight is 407 g/mol. The Morgan fingerprint density at radius 2 is 1.86 bits per heavy atom. The summed E-state index contributed by atoms with van der Waals surface area (Å²) in [6.07, 6.45) is 0.441. The minimum Gasteiger partial charge on any atom is -0.486 e. The van der Waals surface area contributed by atoms with Crippen LogP contribution in [0.3, 0.4) is 0 Å². The number of fused-ring (bicyclic) bond motifs is 1. The largest absolute Gasteiger partial charge is 0.486 e. The summed E-state index contributed by atoms with van der Waals surface area (Å²) in [5.74, 6) is 0.889. The van der Waals surface area contributed by atoms with Gasteiger partial charge < -0.3 is 4.74 Å². The van der Waals surface area contributed by atoms with Crippen molar-refractivity contribution >= 4 is 41.7 Å². The smallest absolute Gasteiger partial charge is 0.285 e. The summed E-state index contributed by atoms with van der Waals surface area (Å²) < 4.78 is 6.50. The summed E-state index contributed by atoms with van der Waals surface area (Å²) in [6.45, 7) is 0.153. The van der Waals surface area contributed by atoms with Gasteiger partial charge in [0.15, 0.2) is 0 Å². The van der Waals surface area contributed by atoms with Crippen LogP contribution in [0.4, 0.5) is 4.79 Å². The Balaban J connectivity index is 1.47. The molecule has 7 nitrogen and oxygen atoms in total. The summed E-state index contributed by atoms with van der Waals surface area (Å²) in [4.78, 5) is 40.4. The Labute approximate surface area is 171 Å². The number of carbonyl (C=O) groups is 2. The van der Waals surface area contributed by atoms with Crippen molar-refractivity contribution < 1.29 is 14.3 Å². The minimum absolute atomic E-state index is 0.111. The van der Waals surface area contributed by atoms with E-state index in [0.29, 0.717) is 28.9 Å². The molecular formula is C20H18BN3O4S. The molecule has 0 saturated carbocycles. The molecule has 1 aromatic heterocycles. The van der Waals surface area contributed by atoms with Gasteiger partial charge in [-0.3, -0.25) is 24.3 Å². The van der Waals surface area contributed by atoms with Gasteiger partial charge in [0.1, 0.15) is 26.0 Å². The van der Waals surface area contributed by atoms with E-state index in [1.807, 2.05) is 24.3 Å². The Hall–Kier alpha value is -3.07. The van der Waals surface area contributed by atoms with Crippen molar-refractivity contribution in [2.24, 2.45) is 7.05 Å². The van der Waals surface area contributed by atoms with Crippen LogP contribution in [0.2, 0.25) is 0 Å². The zero-order valence-corrected chi connectivity index (χ0v) is 16.8. The van der Waals surface area contributed by atoms with E-state index in [4.69, 9.17) is 4.74 Å². The standard InChI is InChI=1S/C20H18BN3O4S/c1-24-16(22-15-5-3-2-4-14(15)17(24)25)11-28-13-8-6-12(7-9-13)10-20(21)18(26)23-19(27)29-20/h2-9H,10-11,21H2,1H3,(H,23,26,27)/t20-/m0/s1. The van der Waals surface area contributed by atoms with Crippen molar-refractivity contribution in [2.75, 3.05) is 0 Å². The van der Waals surface area contributed by atoms with Crippen LogP contribution in [0.1, 0.15) is 11.4 Å². The van der Waals surface area contributed by atoms with E-state index >= 15 is 0 Å². The second-order valence-electron chi connectivity index (χ2n) is 7.09. The van der Waals surface area contributed by atoms with Crippen LogP contribution in [0, 0.1) is 0 Å². The highest BCUT2D eigenvalue weighted by molar-refractivity contribution is 8.17. The number of aromatic nitrogens is 2. The highest BCUT2D eigenvalue weighted by Crippen LogP contribution is 2.32. The molecule has 0 bridgehead atoms. The van der Waals surface area contributed by atoms with Gasteiger partial charge in [0.2, 0.25) is 5.91 Å². The highest BCUT2D eigenvalue weighted by atomic mass is 32.2. The van der Waals surface area contributed by atoms with Crippen LogP contribution in [0.25, 0.3) is 10.9 Å². The molecule has 1 aliphatic rings. The average Bonchev–Trinajstić information content (AvgIpc) is 2.96. The van der Waals surface area contributed by atoms with Crippen LogP contribution < -0.4 is 15.6 Å². The monoisotopic (exact) mass is 407 g/mol. The molecule has 1 atom stereocenters. The normalized spacial score (nSPS) is 18.8. The number of imide groups is 1. The fourth-order valence-electron chi connectivity index (χ4n) is 3.25. The van der Waals surface area contributed by atoms with Gasteiger partial charge in [0.05, 0.1) is 15.5 Å². The lowest BCUT2D eigenvalue weighted by Gasteiger charge is -2.18. The predicted molar refractivity (Wildman–Crippen MR) is 114 cm³/mol. The van der Waals surface area contributed by atoms with E-state index in [2.05, 4.69) is 10.3 Å². The fraction of sp³-hybridized carbons (Fsp3) is 0.200. The lowest BCUT2D eigenvalue weighted by atomic mass is 9.80. The first-order valence-electron chi connectivity index (χ1n) is 9.06. The number of nitrogens with zero attached hydrogens (tertiary/aromatic N) is 2. The molecule has 1 N–H and O–H groups in total. The summed E-state index contributed by atoms with van der Waals surface area (Å²) in [5, 5.41) is 2.58. The van der Waals surface area contributed by atoms with Gasteiger partial charge in [-0.1, -0.05) is 36.0 Å². The van der Waals surface area contributed by atoms with E-state index in [1.54, 1.807) is 39.2 Å². The van der Waals surface area contributed by atoms with Crippen molar-refractivity contribution in [3.63, 3.8) is 0 Å². The summed E-state index contributed by atoms with van der Waals surface area (Å²) in [7, 11) is 3.43. The topological polar surface area (TPSA) is 90.3 Å². The Morgan fingerprint density at radius 1 is 1.14 bits per heavy atom.